The van der Waals surface area contributed by atoms with E-state index in [0.717, 1.165) is 5.92 Å². The fraction of sp³-hybridized carbons (Fsp3) is 1.00. The van der Waals surface area contributed by atoms with Crippen molar-refractivity contribution in [3.8, 4) is 0 Å². The summed E-state index contributed by atoms with van der Waals surface area (Å²) >= 11 is 0. The second kappa shape index (κ2) is 1.72. The van der Waals surface area contributed by atoms with Crippen LogP contribution in [0.25, 0.3) is 0 Å². The van der Waals surface area contributed by atoms with Gasteiger partial charge in [-0.25, -0.2) is 0 Å². The van der Waals surface area contributed by atoms with Crippen LogP contribution in [0.2, 0.25) is 0 Å². The normalized spacial score (nSPS) is 49.7. The molecule has 1 saturated carbocycles. The first kappa shape index (κ1) is 5.72. The van der Waals surface area contributed by atoms with Gasteiger partial charge < -0.3 is 5.32 Å². The van der Waals surface area contributed by atoms with E-state index in [1.807, 2.05) is 0 Å². The van der Waals surface area contributed by atoms with Gasteiger partial charge in [0.2, 0.25) is 0 Å². The molecule has 1 saturated heterocycles. The smallest absolute Gasteiger partial charge is 0.0193 e. The molecule has 2 aliphatic rings. The van der Waals surface area contributed by atoms with E-state index >= 15 is 0 Å². The lowest BCUT2D eigenvalue weighted by atomic mass is 9.68. The molecule has 2 fully saturated rings. The average molecular weight is 125 g/mol. The third-order valence-corrected chi connectivity index (χ3v) is 3.15. The predicted octanol–water partition coefficient (Wildman–Crippen LogP) is 1.54. The Morgan fingerprint density at radius 1 is 1.44 bits per heavy atom. The lowest BCUT2D eigenvalue weighted by Crippen LogP contribution is -2.64. The van der Waals surface area contributed by atoms with E-state index < -0.39 is 0 Å². The van der Waals surface area contributed by atoms with Gasteiger partial charge in [0.05, 0.1) is 0 Å². The van der Waals surface area contributed by atoms with E-state index in [1.165, 1.54) is 32.2 Å². The summed E-state index contributed by atoms with van der Waals surface area (Å²) < 4.78 is 0. The first-order valence-electron chi connectivity index (χ1n) is 4.06. The monoisotopic (exact) mass is 125 g/mol. The summed E-state index contributed by atoms with van der Waals surface area (Å²) in [5.74, 6) is 1.02. The molecule has 1 aliphatic carbocycles. The molecule has 1 aliphatic heterocycles. The van der Waals surface area contributed by atoms with Crippen LogP contribution in [-0.4, -0.2) is 12.1 Å². The number of hydrogen-bond donors (Lipinski definition) is 1. The largest absolute Gasteiger partial charge is 0.311 e. The molecule has 9 heavy (non-hydrogen) atoms. The zero-order chi connectivity index (χ0) is 6.32. The molecule has 2 atom stereocenters. The molecule has 0 aromatic heterocycles. The number of fused-ring (bicyclic) bond motifs is 1. The van der Waals surface area contributed by atoms with Crippen molar-refractivity contribution in [3.05, 3.63) is 0 Å². The van der Waals surface area contributed by atoms with Gasteiger partial charge in [-0.15, -0.1) is 0 Å². The van der Waals surface area contributed by atoms with Crippen molar-refractivity contribution in [2.24, 2.45) is 5.92 Å². The summed E-state index contributed by atoms with van der Waals surface area (Å²) in [6.45, 7) is 3.66. The Morgan fingerprint density at radius 3 is 2.67 bits per heavy atom. The molecule has 0 radical (unpaired) electrons. The van der Waals surface area contributed by atoms with Crippen LogP contribution in [0, 0.1) is 5.92 Å². The minimum absolute atomic E-state index is 0.568. The van der Waals surface area contributed by atoms with Crippen LogP contribution < -0.4 is 5.32 Å². The van der Waals surface area contributed by atoms with Crippen LogP contribution in [0.15, 0.2) is 0 Å². The zero-order valence-corrected chi connectivity index (χ0v) is 6.11. The van der Waals surface area contributed by atoms with Gasteiger partial charge in [0.15, 0.2) is 0 Å². The summed E-state index contributed by atoms with van der Waals surface area (Å²) in [5, 5.41) is 3.52. The summed E-state index contributed by atoms with van der Waals surface area (Å²) in [6, 6.07) is 0. The van der Waals surface area contributed by atoms with Crippen molar-refractivity contribution < 1.29 is 0 Å². The SMILES string of the molecule is C[C@]12CCCC[C@@H]1CN2. The molecule has 1 heteroatoms. The fourth-order valence-corrected chi connectivity index (χ4v) is 2.19. The minimum Gasteiger partial charge on any atom is -0.311 e. The highest BCUT2D eigenvalue weighted by atomic mass is 15.1. The zero-order valence-electron chi connectivity index (χ0n) is 6.11. The van der Waals surface area contributed by atoms with Crippen molar-refractivity contribution in [1.29, 1.82) is 0 Å². The Balaban J connectivity index is 2.05. The Kier molecular flexibility index (Phi) is 1.10. The minimum atomic E-state index is 0.568. The second-order valence-electron chi connectivity index (χ2n) is 3.74. The van der Waals surface area contributed by atoms with Crippen LogP contribution in [0.4, 0.5) is 0 Å². The average Bonchev–Trinajstić information content (AvgIpc) is 1.82. The molecule has 1 nitrogen and oxygen atoms in total. The molecule has 0 unspecified atom stereocenters. The molecule has 52 valence electrons. The van der Waals surface area contributed by atoms with E-state index in [2.05, 4.69) is 12.2 Å². The van der Waals surface area contributed by atoms with Gasteiger partial charge in [-0.1, -0.05) is 12.8 Å². The third kappa shape index (κ3) is 0.710. The molecule has 0 bridgehead atoms. The maximum absolute atomic E-state index is 3.52. The molecular formula is C8H15N. The second-order valence-corrected chi connectivity index (χ2v) is 3.74. The van der Waals surface area contributed by atoms with Crippen LogP contribution in [0.3, 0.4) is 0 Å². The Morgan fingerprint density at radius 2 is 2.33 bits per heavy atom. The molecule has 1 heterocycles. The summed E-state index contributed by atoms with van der Waals surface area (Å²) in [5.41, 5.74) is 0.568. The van der Waals surface area contributed by atoms with Crippen LogP contribution in [0.5, 0.6) is 0 Å². The van der Waals surface area contributed by atoms with Crippen molar-refractivity contribution >= 4 is 0 Å². The van der Waals surface area contributed by atoms with E-state index in [-0.39, 0.29) is 0 Å². The highest BCUT2D eigenvalue weighted by molar-refractivity contribution is 5.02. The standard InChI is InChI=1S/C8H15N/c1-8-5-3-2-4-7(8)6-9-8/h7,9H,2-6H2,1H3/t7-,8+/m1/s1. The highest BCUT2D eigenvalue weighted by Gasteiger charge is 2.42. The van der Waals surface area contributed by atoms with Gasteiger partial charge in [0.25, 0.3) is 0 Å². The van der Waals surface area contributed by atoms with Crippen LogP contribution in [0.1, 0.15) is 32.6 Å². The predicted molar refractivity (Wildman–Crippen MR) is 38.4 cm³/mol. The van der Waals surface area contributed by atoms with E-state index in [0.29, 0.717) is 5.54 Å². The highest BCUT2D eigenvalue weighted by Crippen LogP contribution is 2.38. The fourth-order valence-electron chi connectivity index (χ4n) is 2.19. The van der Waals surface area contributed by atoms with Gasteiger partial charge >= 0.3 is 0 Å². The first-order chi connectivity index (χ1) is 4.31. The van der Waals surface area contributed by atoms with Gasteiger partial charge in [0.1, 0.15) is 0 Å². The molecule has 0 spiro atoms. The first-order valence-corrected chi connectivity index (χ1v) is 4.06. The quantitative estimate of drug-likeness (QED) is 0.518. The van der Waals surface area contributed by atoms with Gasteiger partial charge in [-0.2, -0.15) is 0 Å². The van der Waals surface area contributed by atoms with Crippen LogP contribution >= 0.6 is 0 Å². The van der Waals surface area contributed by atoms with Gasteiger partial charge in [0, 0.05) is 12.1 Å². The Hall–Kier alpha value is -0.0400. The number of rotatable bonds is 0. The summed E-state index contributed by atoms with van der Waals surface area (Å²) in [4.78, 5) is 0. The molecule has 0 aromatic rings. The molecule has 2 rings (SSSR count). The van der Waals surface area contributed by atoms with Crippen molar-refractivity contribution in [2.45, 2.75) is 38.1 Å². The molecule has 0 aromatic carbocycles. The Bertz CT molecular complexity index is 122. The lowest BCUT2D eigenvalue weighted by Gasteiger charge is -2.51. The van der Waals surface area contributed by atoms with Gasteiger partial charge in [-0.3, -0.25) is 0 Å². The van der Waals surface area contributed by atoms with Crippen molar-refractivity contribution in [1.82, 2.24) is 5.32 Å². The summed E-state index contributed by atoms with van der Waals surface area (Å²) in [7, 11) is 0. The van der Waals surface area contributed by atoms with E-state index in [4.69, 9.17) is 0 Å². The third-order valence-electron chi connectivity index (χ3n) is 3.15. The molecule has 1 N–H and O–H groups in total. The Labute approximate surface area is 56.8 Å². The molecular weight excluding hydrogens is 110 g/mol. The maximum atomic E-state index is 3.52. The number of nitrogens with one attached hydrogen (secondary N) is 1. The topological polar surface area (TPSA) is 12.0 Å². The van der Waals surface area contributed by atoms with E-state index in [1.54, 1.807) is 0 Å². The summed E-state index contributed by atoms with van der Waals surface area (Å²) in [6.07, 6.45) is 5.81. The molecule has 0 amide bonds. The van der Waals surface area contributed by atoms with Crippen molar-refractivity contribution in [3.63, 3.8) is 0 Å². The van der Waals surface area contributed by atoms with Gasteiger partial charge in [-0.05, 0) is 25.7 Å². The maximum Gasteiger partial charge on any atom is 0.0193 e. The lowest BCUT2D eigenvalue weighted by molar-refractivity contribution is 0.0686. The van der Waals surface area contributed by atoms with Crippen LogP contribution in [-0.2, 0) is 0 Å². The number of hydrogen-bond acceptors (Lipinski definition) is 1. The van der Waals surface area contributed by atoms with Crippen molar-refractivity contribution in [2.75, 3.05) is 6.54 Å². The van der Waals surface area contributed by atoms with E-state index in [9.17, 15) is 0 Å².